The summed E-state index contributed by atoms with van der Waals surface area (Å²) in [6.07, 6.45) is 3.74. The molecule has 0 spiro atoms. The normalized spacial score (nSPS) is 17.4. The Morgan fingerprint density at radius 3 is 2.61 bits per heavy atom. The summed E-state index contributed by atoms with van der Waals surface area (Å²) >= 11 is 0. The van der Waals surface area contributed by atoms with Crippen molar-refractivity contribution in [1.82, 2.24) is 19.8 Å². The Hall–Kier alpha value is -2.96. The lowest BCUT2D eigenvalue weighted by molar-refractivity contribution is -0.118. The van der Waals surface area contributed by atoms with Crippen LogP contribution < -0.4 is 10.6 Å². The Balaban J connectivity index is 1.40. The van der Waals surface area contributed by atoms with Gasteiger partial charge in [-0.15, -0.1) is 0 Å². The van der Waals surface area contributed by atoms with Crippen LogP contribution in [0.15, 0.2) is 67.0 Å². The zero-order chi connectivity index (χ0) is 19.3. The van der Waals surface area contributed by atoms with E-state index in [-0.39, 0.29) is 11.9 Å². The van der Waals surface area contributed by atoms with Crippen molar-refractivity contribution in [1.29, 1.82) is 0 Å². The van der Waals surface area contributed by atoms with Crippen LogP contribution in [0, 0.1) is 0 Å². The minimum absolute atomic E-state index is 0.00595. The minimum Gasteiger partial charge on any atom is -0.337 e. The highest BCUT2D eigenvalue weighted by Gasteiger charge is 2.28. The molecule has 1 unspecified atom stereocenters. The monoisotopic (exact) mass is 375 g/mol. The molecule has 2 aromatic carbocycles. The molecule has 6 heteroatoms. The van der Waals surface area contributed by atoms with Gasteiger partial charge in [-0.3, -0.25) is 9.69 Å². The van der Waals surface area contributed by atoms with Gasteiger partial charge in [-0.1, -0.05) is 42.5 Å². The molecule has 28 heavy (non-hydrogen) atoms. The molecule has 1 atom stereocenters. The number of aromatic nitrogens is 2. The Bertz CT molecular complexity index is 920. The molecule has 1 amide bonds. The fourth-order valence-corrected chi connectivity index (χ4v) is 3.65. The number of imidazole rings is 1. The molecule has 4 rings (SSSR count). The van der Waals surface area contributed by atoms with Gasteiger partial charge in [0.2, 0.25) is 5.91 Å². The third-order valence-corrected chi connectivity index (χ3v) is 5.13. The van der Waals surface area contributed by atoms with Gasteiger partial charge in [-0.2, -0.15) is 0 Å². The average molecular weight is 375 g/mol. The molecule has 1 aromatic heterocycles. The van der Waals surface area contributed by atoms with E-state index in [0.29, 0.717) is 6.54 Å². The third kappa shape index (κ3) is 4.13. The number of nitrogens with one attached hydrogen (secondary N) is 2. The van der Waals surface area contributed by atoms with E-state index < -0.39 is 0 Å². The van der Waals surface area contributed by atoms with Gasteiger partial charge >= 0.3 is 0 Å². The summed E-state index contributed by atoms with van der Waals surface area (Å²) in [6.45, 7) is 2.83. The first-order chi connectivity index (χ1) is 13.7. The van der Waals surface area contributed by atoms with Gasteiger partial charge in [-0.05, 0) is 23.3 Å². The Morgan fingerprint density at radius 2 is 1.89 bits per heavy atom. The number of aryl methyl sites for hydroxylation is 1. The highest BCUT2D eigenvalue weighted by atomic mass is 16.2. The number of piperazine rings is 1. The van der Waals surface area contributed by atoms with E-state index >= 15 is 0 Å². The van der Waals surface area contributed by atoms with E-state index in [2.05, 4.69) is 32.7 Å². The molecule has 0 saturated carbocycles. The first kappa shape index (κ1) is 18.4. The molecule has 1 aliphatic rings. The van der Waals surface area contributed by atoms with Crippen molar-refractivity contribution in [3.8, 4) is 11.1 Å². The second-order valence-corrected chi connectivity index (χ2v) is 7.08. The number of rotatable bonds is 5. The molecule has 2 N–H and O–H groups in total. The van der Waals surface area contributed by atoms with Crippen molar-refractivity contribution in [2.75, 3.05) is 31.5 Å². The van der Waals surface area contributed by atoms with Crippen LogP contribution in [0.1, 0.15) is 11.9 Å². The lowest BCUT2D eigenvalue weighted by Gasteiger charge is -2.35. The Morgan fingerprint density at radius 1 is 1.14 bits per heavy atom. The fraction of sp³-hybridized carbons (Fsp3) is 0.273. The summed E-state index contributed by atoms with van der Waals surface area (Å²) in [7, 11) is 1.99. The summed E-state index contributed by atoms with van der Waals surface area (Å²) in [6, 6.07) is 18.3. The van der Waals surface area contributed by atoms with E-state index in [1.807, 2.05) is 60.3 Å². The van der Waals surface area contributed by atoms with Crippen LogP contribution in [-0.2, 0) is 11.8 Å². The van der Waals surface area contributed by atoms with Crippen LogP contribution in [0.3, 0.4) is 0 Å². The molecule has 0 radical (unpaired) electrons. The van der Waals surface area contributed by atoms with Crippen molar-refractivity contribution in [3.05, 3.63) is 72.8 Å². The first-order valence-corrected chi connectivity index (χ1v) is 9.58. The van der Waals surface area contributed by atoms with Crippen molar-refractivity contribution in [3.63, 3.8) is 0 Å². The lowest BCUT2D eigenvalue weighted by atomic mass is 10.1. The van der Waals surface area contributed by atoms with Gasteiger partial charge in [-0.25, -0.2) is 4.98 Å². The molecule has 1 saturated heterocycles. The van der Waals surface area contributed by atoms with E-state index in [9.17, 15) is 4.79 Å². The maximum atomic E-state index is 12.6. The Kier molecular flexibility index (Phi) is 5.50. The molecule has 3 aromatic rings. The molecule has 1 fully saturated rings. The van der Waals surface area contributed by atoms with Crippen LogP contribution in [0.4, 0.5) is 5.69 Å². The van der Waals surface area contributed by atoms with Gasteiger partial charge in [0.25, 0.3) is 0 Å². The lowest BCUT2D eigenvalue weighted by Crippen LogP contribution is -2.49. The second kappa shape index (κ2) is 8.37. The van der Waals surface area contributed by atoms with Gasteiger partial charge in [0.15, 0.2) is 0 Å². The highest BCUT2D eigenvalue weighted by Crippen LogP contribution is 2.22. The standard InChI is InChI=1S/C22H25N5O/c1-26-13-12-24-22(26)20-15-23-11-14-27(20)16-21(28)25-19-9-7-18(8-10-19)17-5-3-2-4-6-17/h2-10,12-13,20,23H,11,14-16H2,1H3,(H,25,28). The predicted octanol–water partition coefficient (Wildman–Crippen LogP) is 2.67. The molecule has 0 bridgehead atoms. The number of hydrogen-bond acceptors (Lipinski definition) is 4. The number of carbonyl (C=O) groups excluding carboxylic acids is 1. The predicted molar refractivity (Wildman–Crippen MR) is 111 cm³/mol. The van der Waals surface area contributed by atoms with Gasteiger partial charge < -0.3 is 15.2 Å². The van der Waals surface area contributed by atoms with Crippen LogP contribution in [-0.4, -0.2) is 46.5 Å². The largest absolute Gasteiger partial charge is 0.337 e. The molecular weight excluding hydrogens is 350 g/mol. The first-order valence-electron chi connectivity index (χ1n) is 9.58. The topological polar surface area (TPSA) is 62.2 Å². The number of carbonyl (C=O) groups is 1. The van der Waals surface area contributed by atoms with Crippen LogP contribution in [0.5, 0.6) is 0 Å². The summed E-state index contributed by atoms with van der Waals surface area (Å²) < 4.78 is 2.02. The molecule has 1 aliphatic heterocycles. The number of hydrogen-bond donors (Lipinski definition) is 2. The minimum atomic E-state index is -0.00595. The molecule has 6 nitrogen and oxygen atoms in total. The van der Waals surface area contributed by atoms with E-state index in [1.165, 1.54) is 5.56 Å². The summed E-state index contributed by atoms with van der Waals surface area (Å²) in [4.78, 5) is 19.3. The van der Waals surface area contributed by atoms with Crippen molar-refractivity contribution >= 4 is 11.6 Å². The highest BCUT2D eigenvalue weighted by molar-refractivity contribution is 5.92. The maximum absolute atomic E-state index is 12.6. The summed E-state index contributed by atoms with van der Waals surface area (Å²) in [5.74, 6) is 0.973. The number of anilines is 1. The van der Waals surface area contributed by atoms with Crippen LogP contribution in [0.2, 0.25) is 0 Å². The van der Waals surface area contributed by atoms with E-state index in [4.69, 9.17) is 0 Å². The number of nitrogens with zero attached hydrogens (tertiary/aromatic N) is 3. The van der Waals surface area contributed by atoms with Crippen molar-refractivity contribution in [2.45, 2.75) is 6.04 Å². The smallest absolute Gasteiger partial charge is 0.238 e. The zero-order valence-electron chi connectivity index (χ0n) is 16.0. The Labute approximate surface area is 165 Å². The number of benzene rings is 2. The average Bonchev–Trinajstić information content (AvgIpc) is 3.15. The van der Waals surface area contributed by atoms with Gasteiger partial charge in [0, 0.05) is 44.8 Å². The molecule has 144 valence electrons. The third-order valence-electron chi connectivity index (χ3n) is 5.13. The fourth-order valence-electron chi connectivity index (χ4n) is 3.65. The van der Waals surface area contributed by atoms with Crippen molar-refractivity contribution in [2.24, 2.45) is 7.05 Å². The zero-order valence-corrected chi connectivity index (χ0v) is 16.0. The summed E-state index contributed by atoms with van der Waals surface area (Å²) in [5.41, 5.74) is 3.11. The quantitative estimate of drug-likeness (QED) is 0.720. The number of amides is 1. The molecule has 0 aliphatic carbocycles. The van der Waals surface area contributed by atoms with Gasteiger partial charge in [0.05, 0.1) is 12.6 Å². The van der Waals surface area contributed by atoms with Crippen molar-refractivity contribution < 1.29 is 4.79 Å². The van der Waals surface area contributed by atoms with E-state index in [1.54, 1.807) is 6.20 Å². The van der Waals surface area contributed by atoms with Gasteiger partial charge in [0.1, 0.15) is 5.82 Å². The SMILES string of the molecule is Cn1ccnc1C1CNCCN1CC(=O)Nc1ccc(-c2ccccc2)cc1. The molecule has 2 heterocycles. The second-order valence-electron chi connectivity index (χ2n) is 7.08. The summed E-state index contributed by atoms with van der Waals surface area (Å²) in [5, 5.41) is 6.42. The van der Waals surface area contributed by atoms with E-state index in [0.717, 1.165) is 36.7 Å². The van der Waals surface area contributed by atoms with Crippen LogP contribution >= 0.6 is 0 Å². The molecular formula is C22H25N5O. The maximum Gasteiger partial charge on any atom is 0.238 e. The van der Waals surface area contributed by atoms with Crippen LogP contribution in [0.25, 0.3) is 11.1 Å².